The van der Waals surface area contributed by atoms with E-state index >= 15 is 0 Å². The molecule has 2 aliphatic heterocycles. The van der Waals surface area contributed by atoms with Crippen molar-refractivity contribution in [3.63, 3.8) is 0 Å². The second kappa shape index (κ2) is 11.1. The molecule has 0 bridgehead atoms. The number of carbonyl (C=O) groups is 1. The average molecular weight is 476 g/mol. The number of ether oxygens (including phenoxy) is 1. The molecule has 148 valence electrons. The lowest BCUT2D eigenvalue weighted by molar-refractivity contribution is -0.142. The van der Waals surface area contributed by atoms with Crippen molar-refractivity contribution in [2.45, 2.75) is 45.1 Å². The standard InChI is InChI=1S/C19H32N4O2.HI/c1-2-20-19(21-15-16-7-4-3-5-8-16)23-12-10-22(11-13-23)18(24)17-9-6-14-25-17;/h3-4,16-17H,2,5-15H2,1H3,(H,20,21);1H. The van der Waals surface area contributed by atoms with Gasteiger partial charge >= 0.3 is 0 Å². The summed E-state index contributed by atoms with van der Waals surface area (Å²) < 4.78 is 5.54. The third-order valence-corrected chi connectivity index (χ3v) is 5.31. The summed E-state index contributed by atoms with van der Waals surface area (Å²) in [6, 6.07) is 0. The molecule has 2 atom stereocenters. The molecular weight excluding hydrogens is 443 g/mol. The Morgan fingerprint density at radius 1 is 1.19 bits per heavy atom. The molecule has 0 radical (unpaired) electrons. The van der Waals surface area contributed by atoms with Crippen LogP contribution in [0, 0.1) is 5.92 Å². The monoisotopic (exact) mass is 476 g/mol. The number of halogens is 1. The fourth-order valence-electron chi connectivity index (χ4n) is 3.78. The molecule has 2 heterocycles. The zero-order valence-electron chi connectivity index (χ0n) is 15.9. The van der Waals surface area contributed by atoms with E-state index < -0.39 is 0 Å². The molecule has 2 unspecified atom stereocenters. The van der Waals surface area contributed by atoms with Gasteiger partial charge in [0.05, 0.1) is 0 Å². The number of hydrogen-bond acceptors (Lipinski definition) is 3. The lowest BCUT2D eigenvalue weighted by Crippen LogP contribution is -2.55. The summed E-state index contributed by atoms with van der Waals surface area (Å²) in [5.74, 6) is 1.84. The molecule has 2 saturated heterocycles. The van der Waals surface area contributed by atoms with Gasteiger partial charge in [0, 0.05) is 45.9 Å². The van der Waals surface area contributed by atoms with Crippen molar-refractivity contribution in [1.29, 1.82) is 0 Å². The van der Waals surface area contributed by atoms with E-state index in [1.54, 1.807) is 0 Å². The molecule has 3 rings (SSSR count). The van der Waals surface area contributed by atoms with Crippen LogP contribution in [0.3, 0.4) is 0 Å². The molecule has 1 amide bonds. The molecule has 0 aromatic carbocycles. The normalized spacial score (nSPS) is 26.6. The first-order valence-corrected chi connectivity index (χ1v) is 9.86. The zero-order chi connectivity index (χ0) is 17.5. The van der Waals surface area contributed by atoms with Crippen LogP contribution in [-0.2, 0) is 9.53 Å². The smallest absolute Gasteiger partial charge is 0.251 e. The van der Waals surface area contributed by atoms with E-state index in [0.717, 1.165) is 71.1 Å². The van der Waals surface area contributed by atoms with Gasteiger partial charge in [-0.1, -0.05) is 12.2 Å². The molecular formula is C19H33IN4O2. The van der Waals surface area contributed by atoms with Crippen LogP contribution in [0.25, 0.3) is 0 Å². The third kappa shape index (κ3) is 5.84. The number of hydrogen-bond donors (Lipinski definition) is 1. The highest BCUT2D eigenvalue weighted by molar-refractivity contribution is 14.0. The van der Waals surface area contributed by atoms with Gasteiger partial charge in [-0.3, -0.25) is 9.79 Å². The quantitative estimate of drug-likeness (QED) is 0.293. The third-order valence-electron chi connectivity index (χ3n) is 5.31. The first-order valence-electron chi connectivity index (χ1n) is 9.86. The van der Waals surface area contributed by atoms with Gasteiger partial charge in [0.1, 0.15) is 6.10 Å². The Balaban J connectivity index is 0.00000243. The van der Waals surface area contributed by atoms with Crippen LogP contribution in [0.5, 0.6) is 0 Å². The van der Waals surface area contributed by atoms with Crippen LogP contribution in [0.4, 0.5) is 0 Å². The van der Waals surface area contributed by atoms with E-state index in [4.69, 9.17) is 9.73 Å². The molecule has 6 nitrogen and oxygen atoms in total. The van der Waals surface area contributed by atoms with Gasteiger partial charge in [0.2, 0.25) is 0 Å². The Labute approximate surface area is 174 Å². The van der Waals surface area contributed by atoms with Crippen LogP contribution >= 0.6 is 24.0 Å². The minimum Gasteiger partial charge on any atom is -0.368 e. The van der Waals surface area contributed by atoms with Crippen LogP contribution in [0.15, 0.2) is 17.1 Å². The molecule has 0 aromatic heterocycles. The summed E-state index contributed by atoms with van der Waals surface area (Å²) in [6.45, 7) is 7.80. The number of rotatable bonds is 4. The molecule has 0 saturated carbocycles. The van der Waals surface area contributed by atoms with Crippen molar-refractivity contribution in [3.8, 4) is 0 Å². The van der Waals surface area contributed by atoms with E-state index in [2.05, 4.69) is 29.3 Å². The Morgan fingerprint density at radius 2 is 1.96 bits per heavy atom. The number of allylic oxidation sites excluding steroid dienone is 2. The number of aliphatic imine (C=N–C) groups is 1. The molecule has 26 heavy (non-hydrogen) atoms. The number of nitrogens with one attached hydrogen (secondary N) is 1. The lowest BCUT2D eigenvalue weighted by Gasteiger charge is -2.37. The summed E-state index contributed by atoms with van der Waals surface area (Å²) in [5, 5.41) is 3.42. The molecule has 7 heteroatoms. The Bertz CT molecular complexity index is 498. The Morgan fingerprint density at radius 3 is 2.58 bits per heavy atom. The number of piperazine rings is 1. The molecule has 1 N–H and O–H groups in total. The van der Waals surface area contributed by atoms with Crippen molar-refractivity contribution >= 4 is 35.8 Å². The van der Waals surface area contributed by atoms with Gasteiger partial charge in [-0.2, -0.15) is 0 Å². The van der Waals surface area contributed by atoms with Crippen LogP contribution in [-0.4, -0.2) is 73.6 Å². The molecule has 0 aromatic rings. The topological polar surface area (TPSA) is 57.2 Å². The SMILES string of the molecule is CCNC(=NCC1CC=CCC1)N1CCN(C(=O)C2CCCO2)CC1.I. The van der Waals surface area contributed by atoms with Gasteiger partial charge in [-0.25, -0.2) is 0 Å². The van der Waals surface area contributed by atoms with Crippen molar-refractivity contribution in [2.75, 3.05) is 45.9 Å². The Hall–Kier alpha value is -0.830. The fraction of sp³-hybridized carbons (Fsp3) is 0.789. The summed E-state index contributed by atoms with van der Waals surface area (Å²) in [4.78, 5) is 21.6. The average Bonchev–Trinajstić information content (AvgIpc) is 3.20. The van der Waals surface area contributed by atoms with E-state index in [1.165, 1.54) is 12.8 Å². The van der Waals surface area contributed by atoms with Gasteiger partial charge in [-0.15, -0.1) is 24.0 Å². The van der Waals surface area contributed by atoms with Crippen LogP contribution in [0.2, 0.25) is 0 Å². The number of carbonyl (C=O) groups excluding carboxylic acids is 1. The highest BCUT2D eigenvalue weighted by atomic mass is 127. The predicted octanol–water partition coefficient (Wildman–Crippen LogP) is 2.25. The van der Waals surface area contributed by atoms with Gasteiger partial charge in [0.15, 0.2) is 5.96 Å². The largest absolute Gasteiger partial charge is 0.368 e. The minimum absolute atomic E-state index is 0. The van der Waals surface area contributed by atoms with E-state index in [0.29, 0.717) is 5.92 Å². The van der Waals surface area contributed by atoms with Crippen LogP contribution < -0.4 is 5.32 Å². The Kier molecular flexibility index (Phi) is 9.18. The van der Waals surface area contributed by atoms with E-state index in [-0.39, 0.29) is 36.0 Å². The maximum Gasteiger partial charge on any atom is 0.251 e. The van der Waals surface area contributed by atoms with E-state index in [1.807, 2.05) is 4.90 Å². The predicted molar refractivity (Wildman–Crippen MR) is 115 cm³/mol. The zero-order valence-corrected chi connectivity index (χ0v) is 18.2. The second-order valence-electron chi connectivity index (χ2n) is 7.16. The van der Waals surface area contributed by atoms with Crippen molar-refractivity contribution in [3.05, 3.63) is 12.2 Å². The van der Waals surface area contributed by atoms with E-state index in [9.17, 15) is 4.79 Å². The summed E-state index contributed by atoms with van der Waals surface area (Å²) >= 11 is 0. The number of nitrogens with zero attached hydrogens (tertiary/aromatic N) is 3. The molecule has 3 aliphatic rings. The van der Waals surface area contributed by atoms with Crippen molar-refractivity contribution in [2.24, 2.45) is 10.9 Å². The van der Waals surface area contributed by atoms with Gasteiger partial charge in [0.25, 0.3) is 5.91 Å². The highest BCUT2D eigenvalue weighted by Crippen LogP contribution is 2.19. The molecule has 0 spiro atoms. The fourth-order valence-corrected chi connectivity index (χ4v) is 3.78. The highest BCUT2D eigenvalue weighted by Gasteiger charge is 2.30. The lowest BCUT2D eigenvalue weighted by atomic mass is 9.95. The van der Waals surface area contributed by atoms with Crippen molar-refractivity contribution in [1.82, 2.24) is 15.1 Å². The number of guanidine groups is 1. The minimum atomic E-state index is -0.201. The maximum absolute atomic E-state index is 12.5. The van der Waals surface area contributed by atoms with Crippen LogP contribution in [0.1, 0.15) is 39.0 Å². The van der Waals surface area contributed by atoms with Gasteiger partial charge < -0.3 is 19.9 Å². The summed E-state index contributed by atoms with van der Waals surface area (Å²) in [6.07, 6.45) is 9.80. The first kappa shape index (κ1) is 21.5. The summed E-state index contributed by atoms with van der Waals surface area (Å²) in [7, 11) is 0. The maximum atomic E-state index is 12.5. The molecule has 2 fully saturated rings. The van der Waals surface area contributed by atoms with Crippen molar-refractivity contribution < 1.29 is 9.53 Å². The van der Waals surface area contributed by atoms with Gasteiger partial charge in [-0.05, 0) is 44.9 Å². The first-order chi connectivity index (χ1) is 12.3. The molecule has 1 aliphatic carbocycles. The number of amides is 1. The summed E-state index contributed by atoms with van der Waals surface area (Å²) in [5.41, 5.74) is 0. The second-order valence-corrected chi connectivity index (χ2v) is 7.16.